The number of rotatable bonds is 5. The smallest absolute Gasteiger partial charge is 0.317 e. The Kier molecular flexibility index (Phi) is 5.92. The molecule has 2 N–H and O–H groups in total. The number of hydrogen-bond donors (Lipinski definition) is 2. The highest BCUT2D eigenvalue weighted by molar-refractivity contribution is 5.74. The quantitative estimate of drug-likeness (QED) is 0.788. The molecule has 5 nitrogen and oxygen atoms in total. The lowest BCUT2D eigenvalue weighted by molar-refractivity contribution is 0.168. The first-order valence-electron chi connectivity index (χ1n) is 7.63. The van der Waals surface area contributed by atoms with Crippen molar-refractivity contribution in [3.05, 3.63) is 0 Å². The van der Waals surface area contributed by atoms with E-state index in [0.717, 1.165) is 45.6 Å². The summed E-state index contributed by atoms with van der Waals surface area (Å²) in [7, 11) is 0. The molecule has 5 heteroatoms. The van der Waals surface area contributed by atoms with Gasteiger partial charge in [0, 0.05) is 19.7 Å². The molecule has 1 unspecified atom stereocenters. The van der Waals surface area contributed by atoms with Crippen LogP contribution in [0.1, 0.15) is 32.6 Å². The van der Waals surface area contributed by atoms with Crippen LogP contribution in [0.3, 0.4) is 0 Å². The minimum atomic E-state index is 0.0934. The lowest BCUT2D eigenvalue weighted by Crippen LogP contribution is -2.48. The molecule has 0 radical (unpaired) electrons. The molecule has 0 aromatic carbocycles. The van der Waals surface area contributed by atoms with Gasteiger partial charge in [-0.15, -0.1) is 0 Å². The maximum Gasteiger partial charge on any atom is 0.317 e. The molecular formula is C14H27N3O2. The molecule has 2 aliphatic rings. The fraction of sp³-hybridized carbons (Fsp3) is 0.929. The molecule has 19 heavy (non-hydrogen) atoms. The van der Waals surface area contributed by atoms with E-state index in [1.165, 1.54) is 12.8 Å². The van der Waals surface area contributed by atoms with Gasteiger partial charge in [-0.25, -0.2) is 4.79 Å². The molecule has 0 aliphatic carbocycles. The van der Waals surface area contributed by atoms with Gasteiger partial charge >= 0.3 is 6.03 Å². The Hall–Kier alpha value is -0.810. The number of carbonyl (C=O) groups excluding carboxylic acids is 1. The minimum absolute atomic E-state index is 0.0934. The molecule has 0 aromatic rings. The highest BCUT2D eigenvalue weighted by atomic mass is 16.5. The second kappa shape index (κ2) is 7.70. The highest BCUT2D eigenvalue weighted by Crippen LogP contribution is 2.14. The van der Waals surface area contributed by atoms with E-state index < -0.39 is 0 Å². The first-order chi connectivity index (χ1) is 9.29. The lowest BCUT2D eigenvalue weighted by atomic mass is 9.97. The predicted octanol–water partition coefficient (Wildman–Crippen LogP) is 1.20. The van der Waals surface area contributed by atoms with E-state index in [2.05, 4.69) is 17.6 Å². The summed E-state index contributed by atoms with van der Waals surface area (Å²) < 4.78 is 5.31. The van der Waals surface area contributed by atoms with Gasteiger partial charge < -0.3 is 20.3 Å². The summed E-state index contributed by atoms with van der Waals surface area (Å²) in [5, 5.41) is 6.47. The molecule has 110 valence electrons. The Balaban J connectivity index is 1.80. The zero-order valence-electron chi connectivity index (χ0n) is 12.0. The number of amides is 2. The van der Waals surface area contributed by atoms with E-state index in [-0.39, 0.29) is 12.1 Å². The summed E-state index contributed by atoms with van der Waals surface area (Å²) in [5.74, 6) is 0.651. The fourth-order valence-corrected chi connectivity index (χ4v) is 2.84. The van der Waals surface area contributed by atoms with Gasteiger partial charge in [0.25, 0.3) is 0 Å². The SMILES string of the molecule is CCCN(CC1CCNCC1)C(=O)NC1CCOC1. The number of urea groups is 1. The monoisotopic (exact) mass is 269 g/mol. The lowest BCUT2D eigenvalue weighted by Gasteiger charge is -2.30. The first kappa shape index (κ1) is 14.6. The van der Waals surface area contributed by atoms with Crippen molar-refractivity contribution in [2.24, 2.45) is 5.92 Å². The number of carbonyl (C=O) groups is 1. The summed E-state index contributed by atoms with van der Waals surface area (Å²) in [6.45, 7) is 7.48. The third kappa shape index (κ3) is 4.66. The van der Waals surface area contributed by atoms with Crippen LogP contribution in [0.15, 0.2) is 0 Å². The zero-order valence-corrected chi connectivity index (χ0v) is 12.0. The van der Waals surface area contributed by atoms with Crippen LogP contribution in [0.25, 0.3) is 0 Å². The molecule has 1 atom stereocenters. The average molecular weight is 269 g/mol. The van der Waals surface area contributed by atoms with Gasteiger partial charge in [0.1, 0.15) is 0 Å². The van der Waals surface area contributed by atoms with Crippen LogP contribution >= 0.6 is 0 Å². The van der Waals surface area contributed by atoms with E-state index in [0.29, 0.717) is 12.5 Å². The number of nitrogens with zero attached hydrogens (tertiary/aromatic N) is 1. The van der Waals surface area contributed by atoms with Crippen LogP contribution in [0.4, 0.5) is 4.79 Å². The van der Waals surface area contributed by atoms with Gasteiger partial charge in [-0.05, 0) is 44.7 Å². The molecule has 0 aromatic heterocycles. The minimum Gasteiger partial charge on any atom is -0.379 e. The second-order valence-electron chi connectivity index (χ2n) is 5.65. The van der Waals surface area contributed by atoms with Crippen LogP contribution in [0.2, 0.25) is 0 Å². The molecule has 2 fully saturated rings. The summed E-state index contributed by atoms with van der Waals surface area (Å²) in [6, 6.07) is 0.302. The van der Waals surface area contributed by atoms with Gasteiger partial charge in [0.15, 0.2) is 0 Å². The summed E-state index contributed by atoms with van der Waals surface area (Å²) >= 11 is 0. The van der Waals surface area contributed by atoms with Crippen LogP contribution in [0.5, 0.6) is 0 Å². The summed E-state index contributed by atoms with van der Waals surface area (Å²) in [6.07, 6.45) is 4.32. The summed E-state index contributed by atoms with van der Waals surface area (Å²) in [5.41, 5.74) is 0. The molecule has 0 bridgehead atoms. The second-order valence-corrected chi connectivity index (χ2v) is 5.65. The molecule has 2 heterocycles. The van der Waals surface area contributed by atoms with Gasteiger partial charge in [-0.2, -0.15) is 0 Å². The van der Waals surface area contributed by atoms with Crippen molar-refractivity contribution >= 4 is 6.03 Å². The summed E-state index contributed by atoms with van der Waals surface area (Å²) in [4.78, 5) is 14.3. The Morgan fingerprint density at radius 2 is 2.16 bits per heavy atom. The maximum atomic E-state index is 12.3. The number of ether oxygens (including phenoxy) is 1. The van der Waals surface area contributed by atoms with Crippen LogP contribution in [-0.2, 0) is 4.74 Å². The van der Waals surface area contributed by atoms with Crippen molar-refractivity contribution in [1.29, 1.82) is 0 Å². The van der Waals surface area contributed by atoms with Crippen LogP contribution in [0, 0.1) is 5.92 Å². The Morgan fingerprint density at radius 3 is 2.79 bits per heavy atom. The number of nitrogens with one attached hydrogen (secondary N) is 2. The topological polar surface area (TPSA) is 53.6 Å². The van der Waals surface area contributed by atoms with E-state index in [1.54, 1.807) is 0 Å². The maximum absolute atomic E-state index is 12.3. The van der Waals surface area contributed by atoms with Crippen molar-refractivity contribution in [3.63, 3.8) is 0 Å². The Bertz CT molecular complexity index is 274. The fourth-order valence-electron chi connectivity index (χ4n) is 2.84. The van der Waals surface area contributed by atoms with E-state index in [9.17, 15) is 4.79 Å². The van der Waals surface area contributed by atoms with Crippen molar-refractivity contribution in [2.75, 3.05) is 39.4 Å². The predicted molar refractivity (Wildman–Crippen MR) is 75.2 cm³/mol. The largest absolute Gasteiger partial charge is 0.379 e. The van der Waals surface area contributed by atoms with Gasteiger partial charge in [0.2, 0.25) is 0 Å². The Labute approximate surface area is 116 Å². The normalized spacial score (nSPS) is 24.4. The number of piperidine rings is 1. The third-order valence-electron chi connectivity index (χ3n) is 3.98. The first-order valence-corrected chi connectivity index (χ1v) is 7.63. The standard InChI is InChI=1S/C14H27N3O2/c1-2-8-17(10-12-3-6-15-7-4-12)14(18)16-13-5-9-19-11-13/h12-13,15H,2-11H2,1H3,(H,16,18). The molecule has 2 aliphatic heterocycles. The Morgan fingerprint density at radius 1 is 1.37 bits per heavy atom. The van der Waals surface area contributed by atoms with Gasteiger partial charge in [-0.1, -0.05) is 6.92 Å². The van der Waals surface area contributed by atoms with Crippen LogP contribution < -0.4 is 10.6 Å². The van der Waals surface area contributed by atoms with E-state index in [1.807, 2.05) is 4.90 Å². The van der Waals surface area contributed by atoms with Crippen molar-refractivity contribution in [2.45, 2.75) is 38.6 Å². The van der Waals surface area contributed by atoms with Crippen molar-refractivity contribution < 1.29 is 9.53 Å². The van der Waals surface area contributed by atoms with Crippen molar-refractivity contribution in [1.82, 2.24) is 15.5 Å². The van der Waals surface area contributed by atoms with E-state index in [4.69, 9.17) is 4.74 Å². The third-order valence-corrected chi connectivity index (χ3v) is 3.98. The molecule has 0 saturated carbocycles. The van der Waals surface area contributed by atoms with Crippen molar-refractivity contribution in [3.8, 4) is 0 Å². The van der Waals surface area contributed by atoms with Gasteiger partial charge in [0.05, 0.1) is 12.6 Å². The molecule has 0 spiro atoms. The van der Waals surface area contributed by atoms with Crippen LogP contribution in [-0.4, -0.2) is 56.4 Å². The van der Waals surface area contributed by atoms with E-state index >= 15 is 0 Å². The molecule has 2 amide bonds. The molecule has 2 saturated heterocycles. The molecule has 2 rings (SSSR count). The molecular weight excluding hydrogens is 242 g/mol. The van der Waals surface area contributed by atoms with Gasteiger partial charge in [-0.3, -0.25) is 0 Å². The zero-order chi connectivity index (χ0) is 13.5. The number of hydrogen-bond acceptors (Lipinski definition) is 3. The highest BCUT2D eigenvalue weighted by Gasteiger charge is 2.23. The average Bonchev–Trinajstić information content (AvgIpc) is 2.92.